The zero-order valence-electron chi connectivity index (χ0n) is 12.1. The highest BCUT2D eigenvalue weighted by molar-refractivity contribution is 5.33. The van der Waals surface area contributed by atoms with Gasteiger partial charge in [0.25, 0.3) is 0 Å². The van der Waals surface area contributed by atoms with Gasteiger partial charge in [-0.15, -0.1) is 0 Å². The predicted octanol–water partition coefficient (Wildman–Crippen LogP) is 3.19. The Kier molecular flexibility index (Phi) is 6.02. The first kappa shape index (κ1) is 17.0. The van der Waals surface area contributed by atoms with Crippen molar-refractivity contribution in [3.05, 3.63) is 29.8 Å². The first-order chi connectivity index (χ1) is 10.5. The molecule has 7 heteroatoms. The Morgan fingerprint density at radius 1 is 1.18 bits per heavy atom. The third-order valence-corrected chi connectivity index (χ3v) is 3.50. The number of morpholine rings is 1. The quantitative estimate of drug-likeness (QED) is 0.720. The van der Waals surface area contributed by atoms with Crippen molar-refractivity contribution < 1.29 is 27.0 Å². The summed E-state index contributed by atoms with van der Waals surface area (Å²) < 4.78 is 60.0. The number of para-hydroxylation sites is 1. The van der Waals surface area contributed by atoms with Crippen molar-refractivity contribution in [1.82, 2.24) is 4.90 Å². The van der Waals surface area contributed by atoms with Crippen LogP contribution >= 0.6 is 0 Å². The smallest absolute Gasteiger partial charge is 0.428 e. The molecule has 1 saturated heterocycles. The molecule has 0 amide bonds. The Labute approximate surface area is 126 Å². The van der Waals surface area contributed by atoms with E-state index in [0.29, 0.717) is 25.2 Å². The van der Waals surface area contributed by atoms with E-state index in [-0.39, 0.29) is 5.75 Å². The van der Waals surface area contributed by atoms with E-state index < -0.39 is 12.5 Å². The molecule has 0 radical (unpaired) electrons. The van der Waals surface area contributed by atoms with E-state index in [4.69, 9.17) is 4.74 Å². The second-order valence-electron chi connectivity index (χ2n) is 5.13. The largest absolute Gasteiger partial charge is 0.461 e. The van der Waals surface area contributed by atoms with Crippen molar-refractivity contribution in [2.45, 2.75) is 25.4 Å². The van der Waals surface area contributed by atoms with Crippen LogP contribution in [0.4, 0.5) is 17.6 Å². The summed E-state index contributed by atoms with van der Waals surface area (Å²) in [4.78, 5) is 2.22. The molecule has 2 rings (SSSR count). The van der Waals surface area contributed by atoms with Gasteiger partial charge in [-0.25, -0.2) is 0 Å². The zero-order chi connectivity index (χ0) is 16.0. The minimum Gasteiger partial charge on any atom is -0.428 e. The van der Waals surface area contributed by atoms with Gasteiger partial charge in [0, 0.05) is 13.1 Å². The van der Waals surface area contributed by atoms with Crippen LogP contribution in [0.5, 0.6) is 5.75 Å². The number of hydrogen-bond donors (Lipinski definition) is 0. The van der Waals surface area contributed by atoms with Gasteiger partial charge in [-0.05, 0) is 31.0 Å². The first-order valence-electron chi connectivity index (χ1n) is 7.22. The van der Waals surface area contributed by atoms with Crippen LogP contribution in [0.1, 0.15) is 12.0 Å². The summed E-state index contributed by atoms with van der Waals surface area (Å²) in [5, 5.41) is 0. The van der Waals surface area contributed by atoms with Crippen molar-refractivity contribution in [1.29, 1.82) is 0 Å². The maximum absolute atomic E-state index is 13.0. The fourth-order valence-electron chi connectivity index (χ4n) is 2.32. The molecule has 1 fully saturated rings. The molecule has 3 nitrogen and oxygen atoms in total. The Hall–Kier alpha value is -1.34. The summed E-state index contributed by atoms with van der Waals surface area (Å²) in [5.41, 5.74) is 0.510. The van der Waals surface area contributed by atoms with E-state index >= 15 is 0 Å². The van der Waals surface area contributed by atoms with Gasteiger partial charge in [0.2, 0.25) is 0 Å². The minimum absolute atomic E-state index is 0.185. The molecule has 22 heavy (non-hydrogen) atoms. The molecular formula is C15H19F4NO2. The summed E-state index contributed by atoms with van der Waals surface area (Å²) in [7, 11) is 0. The number of rotatable bonds is 7. The van der Waals surface area contributed by atoms with E-state index in [1.807, 2.05) is 0 Å². The Bertz CT molecular complexity index is 465. The lowest BCUT2D eigenvalue weighted by atomic mass is 10.1. The average Bonchev–Trinajstić information content (AvgIpc) is 2.49. The van der Waals surface area contributed by atoms with Gasteiger partial charge < -0.3 is 9.47 Å². The van der Waals surface area contributed by atoms with Crippen LogP contribution in [-0.4, -0.2) is 50.3 Å². The van der Waals surface area contributed by atoms with Gasteiger partial charge in [-0.2, -0.15) is 17.6 Å². The number of alkyl halides is 4. The highest BCUT2D eigenvalue weighted by Gasteiger charge is 2.44. The Balaban J connectivity index is 1.90. The number of nitrogens with zero attached hydrogens (tertiary/aromatic N) is 1. The van der Waals surface area contributed by atoms with Crippen LogP contribution in [0.15, 0.2) is 24.3 Å². The summed E-state index contributed by atoms with van der Waals surface area (Å²) in [5.74, 6) is -0.185. The molecule has 0 bridgehead atoms. The van der Waals surface area contributed by atoms with E-state index in [1.165, 1.54) is 12.1 Å². The molecule has 1 heterocycles. The number of aryl methyl sites for hydroxylation is 1. The minimum atomic E-state index is -4.47. The Morgan fingerprint density at radius 3 is 2.55 bits per heavy atom. The fraction of sp³-hybridized carbons (Fsp3) is 0.600. The monoisotopic (exact) mass is 321 g/mol. The lowest BCUT2D eigenvalue weighted by molar-refractivity contribution is -0.253. The Morgan fingerprint density at radius 2 is 1.86 bits per heavy atom. The highest BCUT2D eigenvalue weighted by atomic mass is 19.3. The third kappa shape index (κ3) is 4.84. The third-order valence-electron chi connectivity index (χ3n) is 3.50. The molecule has 0 aromatic heterocycles. The van der Waals surface area contributed by atoms with E-state index in [1.54, 1.807) is 12.1 Å². The lowest BCUT2D eigenvalue weighted by Crippen LogP contribution is -2.37. The summed E-state index contributed by atoms with van der Waals surface area (Å²) in [6.45, 7) is 3.90. The molecule has 0 N–H and O–H groups in total. The van der Waals surface area contributed by atoms with Crippen LogP contribution in [0, 0.1) is 0 Å². The highest BCUT2D eigenvalue weighted by Crippen LogP contribution is 2.30. The summed E-state index contributed by atoms with van der Waals surface area (Å²) in [6, 6.07) is 6.08. The SMILES string of the molecule is FC(F)C(F)(F)Oc1ccccc1CCCN1CCOCC1. The standard InChI is InChI=1S/C15H19F4NO2/c16-14(17)15(18,19)22-13-6-2-1-4-12(13)5-3-7-20-8-10-21-11-9-20/h1-2,4,6,14H,3,5,7-11H2. The number of halogens is 4. The van der Waals surface area contributed by atoms with E-state index in [0.717, 1.165) is 26.1 Å². The summed E-state index contributed by atoms with van der Waals surface area (Å²) >= 11 is 0. The molecule has 1 aromatic carbocycles. The van der Waals surface area contributed by atoms with Crippen LogP contribution in [0.2, 0.25) is 0 Å². The molecule has 1 aliphatic heterocycles. The number of hydrogen-bond acceptors (Lipinski definition) is 3. The molecule has 0 spiro atoms. The molecule has 0 atom stereocenters. The van der Waals surface area contributed by atoms with Crippen molar-refractivity contribution in [3.63, 3.8) is 0 Å². The first-order valence-corrected chi connectivity index (χ1v) is 7.22. The van der Waals surface area contributed by atoms with Crippen LogP contribution in [-0.2, 0) is 11.2 Å². The second-order valence-corrected chi connectivity index (χ2v) is 5.13. The number of ether oxygens (including phenoxy) is 2. The molecule has 124 valence electrons. The van der Waals surface area contributed by atoms with Gasteiger partial charge in [0.15, 0.2) is 0 Å². The van der Waals surface area contributed by atoms with Gasteiger partial charge in [0.1, 0.15) is 5.75 Å². The second kappa shape index (κ2) is 7.78. The van der Waals surface area contributed by atoms with Crippen molar-refractivity contribution >= 4 is 0 Å². The van der Waals surface area contributed by atoms with E-state index in [9.17, 15) is 17.6 Å². The molecule has 0 aliphatic carbocycles. The van der Waals surface area contributed by atoms with Gasteiger partial charge in [0.05, 0.1) is 13.2 Å². The van der Waals surface area contributed by atoms with Crippen molar-refractivity contribution in [2.24, 2.45) is 0 Å². The van der Waals surface area contributed by atoms with Gasteiger partial charge in [-0.3, -0.25) is 4.90 Å². The summed E-state index contributed by atoms with van der Waals surface area (Å²) in [6.07, 6.45) is -7.10. The lowest BCUT2D eigenvalue weighted by Gasteiger charge is -2.26. The molecule has 1 aliphatic rings. The molecule has 0 saturated carbocycles. The maximum Gasteiger partial charge on any atom is 0.461 e. The molecular weight excluding hydrogens is 302 g/mol. The normalized spacial score (nSPS) is 17.0. The number of benzene rings is 1. The van der Waals surface area contributed by atoms with Crippen molar-refractivity contribution in [2.75, 3.05) is 32.8 Å². The van der Waals surface area contributed by atoms with Gasteiger partial charge in [-0.1, -0.05) is 18.2 Å². The fourth-order valence-corrected chi connectivity index (χ4v) is 2.32. The van der Waals surface area contributed by atoms with Crippen molar-refractivity contribution in [3.8, 4) is 5.75 Å². The van der Waals surface area contributed by atoms with Crippen LogP contribution in [0.25, 0.3) is 0 Å². The molecule has 0 unspecified atom stereocenters. The maximum atomic E-state index is 13.0. The van der Waals surface area contributed by atoms with E-state index in [2.05, 4.69) is 9.64 Å². The van der Waals surface area contributed by atoms with Gasteiger partial charge >= 0.3 is 12.5 Å². The predicted molar refractivity (Wildman–Crippen MR) is 73.6 cm³/mol. The average molecular weight is 321 g/mol. The molecule has 1 aromatic rings. The zero-order valence-corrected chi connectivity index (χ0v) is 12.1. The van der Waals surface area contributed by atoms with Crippen LogP contribution in [0.3, 0.4) is 0 Å². The van der Waals surface area contributed by atoms with Crippen LogP contribution < -0.4 is 4.74 Å². The topological polar surface area (TPSA) is 21.7 Å².